The highest BCUT2D eigenvalue weighted by Crippen LogP contribution is 2.22. The van der Waals surface area contributed by atoms with E-state index in [1.165, 1.54) is 27.6 Å². The first-order valence-corrected chi connectivity index (χ1v) is 9.24. The molecule has 0 aliphatic rings. The largest absolute Gasteiger partial charge is 0.350 e. The minimum absolute atomic E-state index is 0.254. The molecule has 1 amide bonds. The molecule has 0 radical (unpaired) electrons. The smallest absolute Gasteiger partial charge is 0.267 e. The molecule has 1 aromatic carbocycles. The maximum Gasteiger partial charge on any atom is 0.267 e. The van der Waals surface area contributed by atoms with Crippen LogP contribution in [0.3, 0.4) is 0 Å². The molecule has 0 saturated carbocycles. The van der Waals surface area contributed by atoms with Crippen LogP contribution in [0.1, 0.15) is 25.0 Å². The lowest BCUT2D eigenvalue weighted by Gasteiger charge is -2.25. The number of nitrogens with one attached hydrogen (secondary N) is 1. The number of carbonyl (C=O) groups excluding carboxylic acids is 1. The van der Waals surface area contributed by atoms with E-state index in [-0.39, 0.29) is 11.5 Å². The van der Waals surface area contributed by atoms with Gasteiger partial charge in [0.15, 0.2) is 0 Å². The van der Waals surface area contributed by atoms with Gasteiger partial charge in [0.25, 0.3) is 5.56 Å². The molecule has 0 aliphatic carbocycles. The Bertz CT molecular complexity index is 957. The van der Waals surface area contributed by atoms with Crippen molar-refractivity contribution >= 4 is 17.2 Å². The van der Waals surface area contributed by atoms with Crippen LogP contribution in [-0.2, 0) is 16.9 Å². The molecule has 3 rings (SSSR count). The summed E-state index contributed by atoms with van der Waals surface area (Å²) >= 11 is 1.54. The summed E-state index contributed by atoms with van der Waals surface area (Å²) in [5.41, 5.74) is 1.45. The van der Waals surface area contributed by atoms with Crippen molar-refractivity contribution in [2.45, 2.75) is 32.9 Å². The Labute approximate surface area is 156 Å². The normalized spacial score (nSPS) is 11.3. The fourth-order valence-corrected chi connectivity index (χ4v) is 3.26. The van der Waals surface area contributed by atoms with Crippen LogP contribution in [0.25, 0.3) is 10.6 Å². The Morgan fingerprint density at radius 1 is 1.15 bits per heavy atom. The third kappa shape index (κ3) is 3.75. The van der Waals surface area contributed by atoms with Gasteiger partial charge in [0.2, 0.25) is 5.91 Å². The molecule has 5 nitrogen and oxygen atoms in total. The van der Waals surface area contributed by atoms with Gasteiger partial charge in [0.05, 0.1) is 4.88 Å². The molecule has 1 N–H and O–H groups in total. The van der Waals surface area contributed by atoms with Crippen LogP contribution < -0.4 is 10.9 Å². The van der Waals surface area contributed by atoms with Crippen molar-refractivity contribution in [2.24, 2.45) is 0 Å². The number of hydrogen-bond acceptors (Lipinski definition) is 4. The van der Waals surface area contributed by atoms with Crippen molar-refractivity contribution in [1.82, 2.24) is 15.1 Å². The van der Waals surface area contributed by atoms with Crippen LogP contribution in [0.4, 0.5) is 0 Å². The summed E-state index contributed by atoms with van der Waals surface area (Å²) in [5.74, 6) is -0.254. The van der Waals surface area contributed by atoms with Gasteiger partial charge in [-0.3, -0.25) is 9.59 Å². The maximum atomic E-state index is 12.7. The first kappa shape index (κ1) is 18.1. The first-order chi connectivity index (χ1) is 12.4. The summed E-state index contributed by atoms with van der Waals surface area (Å²) in [5, 5.41) is 9.28. The minimum atomic E-state index is -1.10. The summed E-state index contributed by atoms with van der Waals surface area (Å²) in [7, 11) is 0. The van der Waals surface area contributed by atoms with Crippen LogP contribution in [0.5, 0.6) is 0 Å². The lowest BCUT2D eigenvalue weighted by atomic mass is 10.0. The van der Waals surface area contributed by atoms with Crippen LogP contribution in [0, 0.1) is 6.92 Å². The highest BCUT2D eigenvalue weighted by Gasteiger charge is 2.32. The monoisotopic (exact) mass is 367 g/mol. The number of thiophene rings is 1. The lowest BCUT2D eigenvalue weighted by molar-refractivity contribution is -0.129. The molecule has 3 aromatic rings. The van der Waals surface area contributed by atoms with Gasteiger partial charge in [-0.2, -0.15) is 5.10 Å². The summed E-state index contributed by atoms with van der Waals surface area (Å²) in [6, 6.07) is 15.0. The molecule has 2 heterocycles. The molecule has 134 valence electrons. The van der Waals surface area contributed by atoms with Crippen LogP contribution >= 0.6 is 11.3 Å². The summed E-state index contributed by atoms with van der Waals surface area (Å²) in [6.07, 6.45) is 0. The average molecular weight is 367 g/mol. The second-order valence-electron chi connectivity index (χ2n) is 6.67. The number of aromatic nitrogens is 2. The third-order valence-corrected chi connectivity index (χ3v) is 5.13. The van der Waals surface area contributed by atoms with E-state index in [1.807, 2.05) is 48.7 Å². The average Bonchev–Trinajstić information content (AvgIpc) is 3.16. The molecule has 0 aliphatic heterocycles. The van der Waals surface area contributed by atoms with Crippen molar-refractivity contribution < 1.29 is 4.79 Å². The fourth-order valence-electron chi connectivity index (χ4n) is 2.57. The molecular weight excluding hydrogens is 346 g/mol. The minimum Gasteiger partial charge on any atom is -0.350 e. The Morgan fingerprint density at radius 3 is 2.54 bits per heavy atom. The zero-order valence-corrected chi connectivity index (χ0v) is 15.8. The van der Waals surface area contributed by atoms with Gasteiger partial charge in [-0.1, -0.05) is 35.9 Å². The molecule has 0 atom stereocenters. The standard InChI is InChI=1S/C20H21N3O2S/c1-14-6-8-15(9-7-14)13-21-19(25)20(2,3)23-18(24)11-10-16(22-23)17-5-4-12-26-17/h4-12H,13H2,1-3H3,(H,21,25). The SMILES string of the molecule is Cc1ccc(CNC(=O)C(C)(C)n2nc(-c3cccs3)ccc2=O)cc1. The van der Waals surface area contributed by atoms with Crippen molar-refractivity contribution in [3.05, 3.63) is 75.4 Å². The van der Waals surface area contributed by atoms with Gasteiger partial charge >= 0.3 is 0 Å². The first-order valence-electron chi connectivity index (χ1n) is 8.36. The zero-order valence-electron chi connectivity index (χ0n) is 15.0. The topological polar surface area (TPSA) is 64.0 Å². The van der Waals surface area contributed by atoms with Gasteiger partial charge in [0.1, 0.15) is 11.2 Å². The van der Waals surface area contributed by atoms with E-state index in [9.17, 15) is 9.59 Å². The Hall–Kier alpha value is -2.73. The number of carbonyl (C=O) groups is 1. The highest BCUT2D eigenvalue weighted by atomic mass is 32.1. The van der Waals surface area contributed by atoms with Gasteiger partial charge in [-0.05, 0) is 43.8 Å². The number of aryl methyl sites for hydroxylation is 1. The van der Waals surface area contributed by atoms with Crippen molar-refractivity contribution in [2.75, 3.05) is 0 Å². The number of benzene rings is 1. The van der Waals surface area contributed by atoms with Gasteiger partial charge < -0.3 is 5.32 Å². The van der Waals surface area contributed by atoms with Crippen molar-refractivity contribution in [3.8, 4) is 10.6 Å². The van der Waals surface area contributed by atoms with E-state index in [1.54, 1.807) is 19.9 Å². The predicted molar refractivity (Wildman–Crippen MR) is 104 cm³/mol. The number of amides is 1. The number of hydrogen-bond donors (Lipinski definition) is 1. The molecule has 6 heteroatoms. The van der Waals surface area contributed by atoms with E-state index < -0.39 is 5.54 Å². The van der Waals surface area contributed by atoms with E-state index in [4.69, 9.17) is 0 Å². The molecule has 0 unspecified atom stereocenters. The second kappa shape index (κ2) is 7.25. The number of nitrogens with zero attached hydrogens (tertiary/aromatic N) is 2. The fraction of sp³-hybridized carbons (Fsp3) is 0.250. The summed E-state index contributed by atoms with van der Waals surface area (Å²) in [4.78, 5) is 26.0. The van der Waals surface area contributed by atoms with Gasteiger partial charge in [-0.25, -0.2) is 4.68 Å². The van der Waals surface area contributed by atoms with Crippen LogP contribution in [-0.4, -0.2) is 15.7 Å². The predicted octanol–water partition coefficient (Wildman–Crippen LogP) is 3.33. The van der Waals surface area contributed by atoms with Gasteiger partial charge in [-0.15, -0.1) is 11.3 Å². The lowest BCUT2D eigenvalue weighted by Crippen LogP contribution is -2.49. The second-order valence-corrected chi connectivity index (χ2v) is 7.62. The van der Waals surface area contributed by atoms with E-state index >= 15 is 0 Å². The van der Waals surface area contributed by atoms with E-state index in [2.05, 4.69) is 10.4 Å². The van der Waals surface area contributed by atoms with Gasteiger partial charge in [0, 0.05) is 12.6 Å². The third-order valence-electron chi connectivity index (χ3n) is 4.23. The van der Waals surface area contributed by atoms with Crippen LogP contribution in [0.2, 0.25) is 0 Å². The molecule has 0 fully saturated rings. The molecule has 0 spiro atoms. The Balaban J connectivity index is 1.82. The van der Waals surface area contributed by atoms with Crippen molar-refractivity contribution in [3.63, 3.8) is 0 Å². The van der Waals surface area contributed by atoms with E-state index in [0.29, 0.717) is 12.2 Å². The molecular formula is C20H21N3O2S. The Morgan fingerprint density at radius 2 is 1.88 bits per heavy atom. The number of rotatable bonds is 5. The summed E-state index contributed by atoms with van der Waals surface area (Å²) in [6.45, 7) is 5.82. The molecule has 2 aromatic heterocycles. The Kier molecular flexibility index (Phi) is 5.04. The van der Waals surface area contributed by atoms with E-state index in [0.717, 1.165) is 10.4 Å². The maximum absolute atomic E-state index is 12.7. The molecule has 0 saturated heterocycles. The quantitative estimate of drug-likeness (QED) is 0.752. The highest BCUT2D eigenvalue weighted by molar-refractivity contribution is 7.13. The molecule has 0 bridgehead atoms. The summed E-state index contributed by atoms with van der Waals surface area (Å²) < 4.78 is 1.26. The van der Waals surface area contributed by atoms with Crippen molar-refractivity contribution in [1.29, 1.82) is 0 Å². The van der Waals surface area contributed by atoms with Crippen LogP contribution in [0.15, 0.2) is 58.7 Å². The molecule has 26 heavy (non-hydrogen) atoms. The zero-order chi connectivity index (χ0) is 18.7.